The average molecular weight is 298 g/mol. The number of amides is 1. The molecule has 1 aromatic carbocycles. The van der Waals surface area contributed by atoms with E-state index in [1.165, 1.54) is 0 Å². The van der Waals surface area contributed by atoms with Crippen molar-refractivity contribution in [3.05, 3.63) is 33.8 Å². The first-order valence-electron chi connectivity index (χ1n) is 5.75. The molecule has 1 fully saturated rings. The first kappa shape index (κ1) is 12.6. The molecule has 92 valence electrons. The van der Waals surface area contributed by atoms with Crippen LogP contribution in [-0.2, 0) is 4.74 Å². The van der Waals surface area contributed by atoms with Gasteiger partial charge in [-0.3, -0.25) is 4.79 Å². The highest BCUT2D eigenvalue weighted by molar-refractivity contribution is 9.10. The van der Waals surface area contributed by atoms with Gasteiger partial charge in [-0.2, -0.15) is 0 Å². The van der Waals surface area contributed by atoms with Crippen molar-refractivity contribution in [1.82, 2.24) is 4.90 Å². The summed E-state index contributed by atoms with van der Waals surface area (Å²) in [5.41, 5.74) is 1.78. The van der Waals surface area contributed by atoms with Crippen LogP contribution in [0.5, 0.6) is 0 Å². The van der Waals surface area contributed by atoms with E-state index in [0.717, 1.165) is 15.6 Å². The van der Waals surface area contributed by atoms with Crippen LogP contribution in [0.4, 0.5) is 0 Å². The van der Waals surface area contributed by atoms with Gasteiger partial charge in [0, 0.05) is 23.1 Å². The molecule has 0 radical (unpaired) electrons. The quantitative estimate of drug-likeness (QED) is 0.797. The lowest BCUT2D eigenvalue weighted by Gasteiger charge is -2.31. The average Bonchev–Trinajstić information content (AvgIpc) is 2.28. The van der Waals surface area contributed by atoms with Gasteiger partial charge < -0.3 is 9.64 Å². The van der Waals surface area contributed by atoms with E-state index in [4.69, 9.17) is 4.74 Å². The van der Waals surface area contributed by atoms with Crippen molar-refractivity contribution >= 4 is 21.8 Å². The van der Waals surface area contributed by atoms with Crippen LogP contribution in [0, 0.1) is 6.92 Å². The molecule has 0 saturated carbocycles. The van der Waals surface area contributed by atoms with Gasteiger partial charge in [-0.05, 0) is 37.6 Å². The Balaban J connectivity index is 2.18. The predicted molar refractivity (Wildman–Crippen MR) is 70.2 cm³/mol. The second-order valence-corrected chi connectivity index (χ2v) is 5.31. The van der Waals surface area contributed by atoms with E-state index in [1.807, 2.05) is 36.9 Å². The summed E-state index contributed by atoms with van der Waals surface area (Å²) in [7, 11) is 0. The third-order valence-corrected chi connectivity index (χ3v) is 3.44. The van der Waals surface area contributed by atoms with E-state index in [9.17, 15) is 4.79 Å². The van der Waals surface area contributed by atoms with Gasteiger partial charge in [0.1, 0.15) is 0 Å². The van der Waals surface area contributed by atoms with Crippen LogP contribution < -0.4 is 0 Å². The number of hydrogen-bond donors (Lipinski definition) is 0. The number of morpholine rings is 1. The van der Waals surface area contributed by atoms with Crippen molar-refractivity contribution in [3.63, 3.8) is 0 Å². The molecule has 1 heterocycles. The zero-order valence-electron chi connectivity index (χ0n) is 10.1. The number of ether oxygens (including phenoxy) is 1. The number of carbonyl (C=O) groups excluding carboxylic acids is 1. The van der Waals surface area contributed by atoms with Crippen molar-refractivity contribution in [1.29, 1.82) is 0 Å². The van der Waals surface area contributed by atoms with E-state index in [2.05, 4.69) is 15.9 Å². The summed E-state index contributed by atoms with van der Waals surface area (Å²) >= 11 is 3.41. The van der Waals surface area contributed by atoms with Crippen LogP contribution >= 0.6 is 15.9 Å². The molecule has 0 spiro atoms. The molecule has 4 heteroatoms. The van der Waals surface area contributed by atoms with E-state index in [-0.39, 0.29) is 12.0 Å². The second-order valence-electron chi connectivity index (χ2n) is 4.39. The highest BCUT2D eigenvalue weighted by atomic mass is 79.9. The maximum absolute atomic E-state index is 12.3. The molecule has 17 heavy (non-hydrogen) atoms. The summed E-state index contributed by atoms with van der Waals surface area (Å²) < 4.78 is 6.44. The minimum Gasteiger partial charge on any atom is -0.375 e. The molecule has 0 N–H and O–H groups in total. The summed E-state index contributed by atoms with van der Waals surface area (Å²) in [6.07, 6.45) is 0.128. The number of halogens is 1. The summed E-state index contributed by atoms with van der Waals surface area (Å²) in [5.74, 6) is 0.102. The number of carbonyl (C=O) groups is 1. The third kappa shape index (κ3) is 2.87. The van der Waals surface area contributed by atoms with Crippen molar-refractivity contribution < 1.29 is 9.53 Å². The van der Waals surface area contributed by atoms with Crippen LogP contribution in [0.15, 0.2) is 22.7 Å². The van der Waals surface area contributed by atoms with Crippen molar-refractivity contribution in [2.24, 2.45) is 0 Å². The minimum atomic E-state index is 0.102. The second kappa shape index (κ2) is 5.19. The largest absolute Gasteiger partial charge is 0.375 e. The number of nitrogens with zero attached hydrogens (tertiary/aromatic N) is 1. The molecule has 3 nitrogen and oxygen atoms in total. The van der Waals surface area contributed by atoms with Crippen LogP contribution in [-0.4, -0.2) is 36.6 Å². The molecular formula is C13H16BrNO2. The van der Waals surface area contributed by atoms with Crippen molar-refractivity contribution in [2.75, 3.05) is 19.7 Å². The van der Waals surface area contributed by atoms with Crippen LogP contribution in [0.3, 0.4) is 0 Å². The molecule has 1 aromatic rings. The van der Waals surface area contributed by atoms with Crippen molar-refractivity contribution in [2.45, 2.75) is 20.0 Å². The molecule has 0 aliphatic carbocycles. The molecule has 1 amide bonds. The van der Waals surface area contributed by atoms with Gasteiger partial charge in [0.25, 0.3) is 5.91 Å². The van der Waals surface area contributed by atoms with Crippen molar-refractivity contribution in [3.8, 4) is 0 Å². The monoisotopic (exact) mass is 297 g/mol. The zero-order valence-corrected chi connectivity index (χ0v) is 11.7. The van der Waals surface area contributed by atoms with Gasteiger partial charge in [0.2, 0.25) is 0 Å². The number of aryl methyl sites for hydroxylation is 1. The van der Waals surface area contributed by atoms with Gasteiger partial charge in [-0.15, -0.1) is 0 Å². The summed E-state index contributed by atoms with van der Waals surface area (Å²) in [6.45, 7) is 5.94. The number of benzene rings is 1. The number of rotatable bonds is 1. The Kier molecular flexibility index (Phi) is 3.84. The molecule has 1 atom stereocenters. The zero-order chi connectivity index (χ0) is 12.4. The molecule has 2 rings (SSSR count). The summed E-state index contributed by atoms with van der Waals surface area (Å²) in [4.78, 5) is 14.2. The fraction of sp³-hybridized carbons (Fsp3) is 0.462. The molecule has 0 aromatic heterocycles. The fourth-order valence-electron chi connectivity index (χ4n) is 2.04. The molecular weight excluding hydrogens is 282 g/mol. The first-order chi connectivity index (χ1) is 8.08. The van der Waals surface area contributed by atoms with Gasteiger partial charge >= 0.3 is 0 Å². The van der Waals surface area contributed by atoms with Crippen LogP contribution in [0.1, 0.15) is 22.8 Å². The SMILES string of the molecule is Cc1cc(Br)ccc1C(=O)N1CCOC(C)C1. The Labute approximate surface area is 110 Å². The summed E-state index contributed by atoms with van der Waals surface area (Å²) in [6, 6.07) is 5.75. The lowest BCUT2D eigenvalue weighted by Crippen LogP contribution is -2.44. The van der Waals surface area contributed by atoms with Gasteiger partial charge in [0.15, 0.2) is 0 Å². The standard InChI is InChI=1S/C13H16BrNO2/c1-9-7-11(14)3-4-12(9)13(16)15-5-6-17-10(2)8-15/h3-4,7,10H,5-6,8H2,1-2H3. The van der Waals surface area contributed by atoms with Gasteiger partial charge in [0.05, 0.1) is 12.7 Å². The van der Waals surface area contributed by atoms with Gasteiger partial charge in [-0.25, -0.2) is 0 Å². The van der Waals surface area contributed by atoms with E-state index >= 15 is 0 Å². The lowest BCUT2D eigenvalue weighted by molar-refractivity contribution is -0.0124. The Morgan fingerprint density at radius 3 is 2.94 bits per heavy atom. The topological polar surface area (TPSA) is 29.5 Å². The Morgan fingerprint density at radius 2 is 2.29 bits per heavy atom. The Hall–Kier alpha value is -0.870. The highest BCUT2D eigenvalue weighted by Crippen LogP contribution is 2.18. The predicted octanol–water partition coefficient (Wildman–Crippen LogP) is 2.62. The first-order valence-corrected chi connectivity index (χ1v) is 6.54. The van der Waals surface area contributed by atoms with E-state index in [1.54, 1.807) is 0 Å². The Morgan fingerprint density at radius 1 is 1.53 bits per heavy atom. The van der Waals surface area contributed by atoms with E-state index in [0.29, 0.717) is 19.7 Å². The smallest absolute Gasteiger partial charge is 0.254 e. The molecule has 0 bridgehead atoms. The van der Waals surface area contributed by atoms with Gasteiger partial charge in [-0.1, -0.05) is 15.9 Å². The molecule has 1 unspecified atom stereocenters. The maximum Gasteiger partial charge on any atom is 0.254 e. The van der Waals surface area contributed by atoms with E-state index < -0.39 is 0 Å². The third-order valence-electron chi connectivity index (χ3n) is 2.95. The highest BCUT2D eigenvalue weighted by Gasteiger charge is 2.23. The molecule has 1 aliphatic heterocycles. The fourth-order valence-corrected chi connectivity index (χ4v) is 2.52. The maximum atomic E-state index is 12.3. The van der Waals surface area contributed by atoms with Crippen LogP contribution in [0.2, 0.25) is 0 Å². The Bertz CT molecular complexity index is 433. The lowest BCUT2D eigenvalue weighted by atomic mass is 10.1. The normalized spacial score (nSPS) is 20.4. The minimum absolute atomic E-state index is 0.102. The molecule has 1 aliphatic rings. The van der Waals surface area contributed by atoms with Crippen LogP contribution in [0.25, 0.3) is 0 Å². The number of hydrogen-bond acceptors (Lipinski definition) is 2. The summed E-state index contributed by atoms with van der Waals surface area (Å²) in [5, 5.41) is 0. The molecule has 1 saturated heterocycles.